The summed E-state index contributed by atoms with van der Waals surface area (Å²) in [6.07, 6.45) is 4.94. The Labute approximate surface area is 95.4 Å². The number of carbonyl (C=O) groups excluding carboxylic acids is 2. The van der Waals surface area contributed by atoms with Gasteiger partial charge in [0, 0.05) is 6.04 Å². The van der Waals surface area contributed by atoms with E-state index in [2.05, 4.69) is 5.32 Å². The van der Waals surface area contributed by atoms with Gasteiger partial charge in [-0.25, -0.2) is 0 Å². The van der Waals surface area contributed by atoms with Crippen molar-refractivity contribution < 1.29 is 9.59 Å². The van der Waals surface area contributed by atoms with E-state index in [1.807, 2.05) is 11.8 Å². The number of piperazine rings is 1. The molecule has 0 spiro atoms. The summed E-state index contributed by atoms with van der Waals surface area (Å²) in [5, 5.41) is 2.65. The largest absolute Gasteiger partial charge is 0.345 e. The van der Waals surface area contributed by atoms with E-state index in [9.17, 15) is 9.59 Å². The molecule has 1 unspecified atom stereocenters. The van der Waals surface area contributed by atoms with Crippen LogP contribution in [0.25, 0.3) is 0 Å². The van der Waals surface area contributed by atoms with E-state index in [-0.39, 0.29) is 24.4 Å². The molecule has 2 saturated carbocycles. The predicted octanol–water partition coefficient (Wildman–Crippen LogP) is 0.522. The Morgan fingerprint density at radius 2 is 1.75 bits per heavy atom. The minimum absolute atomic E-state index is 0.00546. The van der Waals surface area contributed by atoms with Crippen molar-refractivity contribution in [1.82, 2.24) is 10.2 Å². The topological polar surface area (TPSA) is 49.4 Å². The fraction of sp³-hybridized carbons (Fsp3) is 0.833. The summed E-state index contributed by atoms with van der Waals surface area (Å²) in [4.78, 5) is 25.5. The molecule has 0 aromatic carbocycles. The molecule has 1 aliphatic heterocycles. The first-order valence-electron chi connectivity index (χ1n) is 6.27. The van der Waals surface area contributed by atoms with Gasteiger partial charge in [0.1, 0.15) is 6.04 Å². The van der Waals surface area contributed by atoms with Crippen LogP contribution in [0.3, 0.4) is 0 Å². The molecule has 0 aromatic rings. The Morgan fingerprint density at radius 3 is 2.25 bits per heavy atom. The summed E-state index contributed by atoms with van der Waals surface area (Å²) in [5.74, 6) is 1.45. The van der Waals surface area contributed by atoms with Crippen molar-refractivity contribution in [3.05, 3.63) is 0 Å². The van der Waals surface area contributed by atoms with Gasteiger partial charge in [0.2, 0.25) is 11.8 Å². The third-order valence-corrected chi connectivity index (χ3v) is 4.03. The highest BCUT2D eigenvalue weighted by atomic mass is 16.2. The number of hydrogen-bond acceptors (Lipinski definition) is 2. The van der Waals surface area contributed by atoms with Crippen LogP contribution in [-0.4, -0.2) is 35.3 Å². The molecule has 16 heavy (non-hydrogen) atoms. The molecule has 4 heteroatoms. The Morgan fingerprint density at radius 1 is 1.19 bits per heavy atom. The van der Waals surface area contributed by atoms with Gasteiger partial charge in [0.15, 0.2) is 0 Å². The van der Waals surface area contributed by atoms with Crippen molar-refractivity contribution in [2.75, 3.05) is 6.54 Å². The minimum Gasteiger partial charge on any atom is -0.345 e. The van der Waals surface area contributed by atoms with Crippen molar-refractivity contribution >= 4 is 11.8 Å². The van der Waals surface area contributed by atoms with Gasteiger partial charge in [0.25, 0.3) is 0 Å². The van der Waals surface area contributed by atoms with E-state index >= 15 is 0 Å². The average Bonchev–Trinajstić information content (AvgIpc) is 3.12. The molecular weight excluding hydrogens is 204 g/mol. The fourth-order valence-corrected chi connectivity index (χ4v) is 2.88. The number of hydrogen-bond donors (Lipinski definition) is 1. The van der Waals surface area contributed by atoms with Crippen molar-refractivity contribution in [3.8, 4) is 0 Å². The van der Waals surface area contributed by atoms with Crippen LogP contribution in [0.15, 0.2) is 0 Å². The van der Waals surface area contributed by atoms with E-state index in [0.29, 0.717) is 17.9 Å². The Bertz CT molecular complexity index is 322. The maximum absolute atomic E-state index is 12.0. The summed E-state index contributed by atoms with van der Waals surface area (Å²) < 4.78 is 0. The normalized spacial score (nSPS) is 30.9. The zero-order valence-corrected chi connectivity index (χ0v) is 9.61. The molecule has 3 aliphatic rings. The molecule has 1 saturated heterocycles. The maximum atomic E-state index is 12.0. The van der Waals surface area contributed by atoms with Gasteiger partial charge in [0.05, 0.1) is 6.54 Å². The van der Waals surface area contributed by atoms with E-state index in [1.54, 1.807) is 0 Å². The van der Waals surface area contributed by atoms with E-state index in [1.165, 1.54) is 25.7 Å². The summed E-state index contributed by atoms with van der Waals surface area (Å²) in [7, 11) is 0. The van der Waals surface area contributed by atoms with Gasteiger partial charge < -0.3 is 10.2 Å². The van der Waals surface area contributed by atoms with Crippen molar-refractivity contribution in [3.63, 3.8) is 0 Å². The highest BCUT2D eigenvalue weighted by molar-refractivity contribution is 5.94. The lowest BCUT2D eigenvalue weighted by molar-refractivity contribution is -0.148. The van der Waals surface area contributed by atoms with Crippen molar-refractivity contribution in [2.24, 2.45) is 11.8 Å². The van der Waals surface area contributed by atoms with Gasteiger partial charge in [-0.3, -0.25) is 9.59 Å². The summed E-state index contributed by atoms with van der Waals surface area (Å²) >= 11 is 0. The van der Waals surface area contributed by atoms with Crippen molar-refractivity contribution in [1.29, 1.82) is 0 Å². The molecule has 2 aliphatic carbocycles. The second-order valence-electron chi connectivity index (χ2n) is 5.36. The zero-order chi connectivity index (χ0) is 11.3. The quantitative estimate of drug-likeness (QED) is 0.757. The molecule has 0 aromatic heterocycles. The van der Waals surface area contributed by atoms with Crippen LogP contribution in [0.4, 0.5) is 0 Å². The molecule has 0 radical (unpaired) electrons. The lowest BCUT2D eigenvalue weighted by Gasteiger charge is -2.39. The third-order valence-electron chi connectivity index (χ3n) is 4.03. The summed E-state index contributed by atoms with van der Waals surface area (Å²) in [5.41, 5.74) is 0. The van der Waals surface area contributed by atoms with E-state index in [0.717, 1.165) is 0 Å². The Kier molecular flexibility index (Phi) is 2.19. The van der Waals surface area contributed by atoms with E-state index < -0.39 is 0 Å². The minimum atomic E-state index is -0.271. The van der Waals surface area contributed by atoms with Crippen LogP contribution in [0.5, 0.6) is 0 Å². The van der Waals surface area contributed by atoms with Gasteiger partial charge in [-0.2, -0.15) is 0 Å². The first-order chi connectivity index (χ1) is 7.68. The monoisotopic (exact) mass is 222 g/mol. The lowest BCUT2D eigenvalue weighted by Crippen LogP contribution is -2.61. The van der Waals surface area contributed by atoms with Crippen LogP contribution in [0.1, 0.15) is 32.6 Å². The van der Waals surface area contributed by atoms with Crippen LogP contribution in [0, 0.1) is 11.8 Å². The number of rotatable bonds is 3. The SMILES string of the molecule is CC1C(=O)NCC(=O)N1C(C1CC1)C1CC1. The number of carbonyl (C=O) groups is 2. The number of nitrogens with zero attached hydrogens (tertiary/aromatic N) is 1. The molecule has 1 N–H and O–H groups in total. The van der Waals surface area contributed by atoms with Crippen LogP contribution >= 0.6 is 0 Å². The maximum Gasteiger partial charge on any atom is 0.242 e. The second kappa shape index (κ2) is 3.47. The molecule has 1 atom stereocenters. The van der Waals surface area contributed by atoms with Gasteiger partial charge in [-0.1, -0.05) is 0 Å². The van der Waals surface area contributed by atoms with E-state index in [4.69, 9.17) is 0 Å². The lowest BCUT2D eigenvalue weighted by atomic mass is 10.0. The molecule has 3 fully saturated rings. The Hall–Kier alpha value is -1.06. The van der Waals surface area contributed by atoms with Crippen LogP contribution < -0.4 is 5.32 Å². The van der Waals surface area contributed by atoms with Crippen molar-refractivity contribution in [2.45, 2.75) is 44.7 Å². The highest BCUT2D eigenvalue weighted by Crippen LogP contribution is 2.47. The standard InChI is InChI=1S/C12H18N2O2/c1-7-12(16)13-6-10(15)14(7)11(8-2-3-8)9-4-5-9/h7-9,11H,2-6H2,1H3,(H,13,16). The molecule has 0 bridgehead atoms. The van der Waals surface area contributed by atoms with Gasteiger partial charge in [-0.05, 0) is 44.4 Å². The third kappa shape index (κ3) is 1.60. The molecule has 2 amide bonds. The molecular formula is C12H18N2O2. The smallest absolute Gasteiger partial charge is 0.242 e. The summed E-state index contributed by atoms with van der Waals surface area (Å²) in [6, 6.07) is 0.0843. The molecule has 88 valence electrons. The predicted molar refractivity (Wildman–Crippen MR) is 58.6 cm³/mol. The van der Waals surface area contributed by atoms with Gasteiger partial charge in [-0.15, -0.1) is 0 Å². The first-order valence-corrected chi connectivity index (χ1v) is 6.27. The van der Waals surface area contributed by atoms with Crippen LogP contribution in [0.2, 0.25) is 0 Å². The first kappa shape index (κ1) is 10.1. The molecule has 1 heterocycles. The molecule has 3 rings (SSSR count). The second-order valence-corrected chi connectivity index (χ2v) is 5.36. The van der Waals surface area contributed by atoms with Gasteiger partial charge >= 0.3 is 0 Å². The van der Waals surface area contributed by atoms with Crippen LogP contribution in [-0.2, 0) is 9.59 Å². The number of nitrogens with one attached hydrogen (secondary N) is 1. The zero-order valence-electron chi connectivity index (χ0n) is 9.61. The molecule has 4 nitrogen and oxygen atoms in total. The number of amides is 2. The highest BCUT2D eigenvalue weighted by Gasteiger charge is 2.49. The summed E-state index contributed by atoms with van der Waals surface area (Å²) in [6.45, 7) is 2.04. The Balaban J connectivity index is 1.83. The average molecular weight is 222 g/mol. The fourth-order valence-electron chi connectivity index (χ4n) is 2.88.